The molecule has 2 unspecified atom stereocenters. The van der Waals surface area contributed by atoms with Crippen molar-refractivity contribution in [3.05, 3.63) is 28.8 Å². The van der Waals surface area contributed by atoms with E-state index in [0.717, 1.165) is 29.6 Å². The normalized spacial score (nSPS) is 27.5. The number of hydrogen-bond acceptors (Lipinski definition) is 2. The average Bonchev–Trinajstić information content (AvgIpc) is 2.85. The van der Waals surface area contributed by atoms with E-state index in [4.69, 9.17) is 0 Å². The van der Waals surface area contributed by atoms with Crippen LogP contribution in [0.15, 0.2) is 12.1 Å². The van der Waals surface area contributed by atoms with Crippen molar-refractivity contribution in [3.8, 4) is 5.75 Å². The van der Waals surface area contributed by atoms with E-state index in [1.807, 2.05) is 13.8 Å². The van der Waals surface area contributed by atoms with Gasteiger partial charge in [-0.1, -0.05) is 18.6 Å². The zero-order chi connectivity index (χ0) is 13.4. The number of aromatic hydroxyl groups is 1. The highest BCUT2D eigenvalue weighted by Crippen LogP contribution is 2.37. The number of aryl methyl sites for hydroxylation is 2. The topological polar surface area (TPSA) is 23.5 Å². The highest BCUT2D eigenvalue weighted by atomic mass is 16.3. The first-order valence-electron chi connectivity index (χ1n) is 7.68. The van der Waals surface area contributed by atoms with Crippen LogP contribution in [0.2, 0.25) is 0 Å². The van der Waals surface area contributed by atoms with Gasteiger partial charge in [0, 0.05) is 12.6 Å². The first-order valence-corrected chi connectivity index (χ1v) is 7.68. The Labute approximate surface area is 116 Å². The van der Waals surface area contributed by atoms with Gasteiger partial charge in [-0.2, -0.15) is 0 Å². The molecule has 1 aliphatic heterocycles. The highest BCUT2D eigenvalue weighted by molar-refractivity contribution is 5.42. The number of benzene rings is 1. The summed E-state index contributed by atoms with van der Waals surface area (Å²) in [7, 11) is 0. The van der Waals surface area contributed by atoms with Crippen LogP contribution >= 0.6 is 0 Å². The van der Waals surface area contributed by atoms with Gasteiger partial charge in [0.05, 0.1) is 0 Å². The second-order valence-electron chi connectivity index (χ2n) is 6.45. The second-order valence-corrected chi connectivity index (χ2v) is 6.45. The summed E-state index contributed by atoms with van der Waals surface area (Å²) in [6.45, 7) is 6.31. The first-order chi connectivity index (χ1) is 9.15. The fourth-order valence-corrected chi connectivity index (χ4v) is 4.12. The zero-order valence-electron chi connectivity index (χ0n) is 12.2. The Kier molecular flexibility index (Phi) is 3.53. The summed E-state index contributed by atoms with van der Waals surface area (Å²) >= 11 is 0. The molecule has 1 heterocycles. The minimum absolute atomic E-state index is 0.459. The molecule has 3 rings (SSSR count). The third-order valence-electron chi connectivity index (χ3n) is 5.04. The molecule has 0 aromatic heterocycles. The average molecular weight is 259 g/mol. The molecule has 0 spiro atoms. The number of phenols is 1. The predicted molar refractivity (Wildman–Crippen MR) is 78.4 cm³/mol. The fourth-order valence-electron chi connectivity index (χ4n) is 4.12. The maximum absolute atomic E-state index is 9.87. The molecule has 1 N–H and O–H groups in total. The maximum Gasteiger partial charge on any atom is 0.121 e. The summed E-state index contributed by atoms with van der Waals surface area (Å²) in [4.78, 5) is 2.69. The Morgan fingerprint density at radius 3 is 2.53 bits per heavy atom. The third-order valence-corrected chi connectivity index (χ3v) is 5.04. The molecule has 0 bridgehead atoms. The van der Waals surface area contributed by atoms with E-state index in [1.54, 1.807) is 0 Å². The molecular weight excluding hydrogens is 234 g/mol. The lowest BCUT2D eigenvalue weighted by molar-refractivity contribution is 0.106. The van der Waals surface area contributed by atoms with Gasteiger partial charge in [0.2, 0.25) is 0 Å². The minimum Gasteiger partial charge on any atom is -0.507 e. The van der Waals surface area contributed by atoms with Crippen LogP contribution in [0, 0.1) is 19.8 Å². The Morgan fingerprint density at radius 2 is 1.79 bits per heavy atom. The van der Waals surface area contributed by atoms with E-state index >= 15 is 0 Å². The Bertz CT molecular complexity index is 445. The largest absolute Gasteiger partial charge is 0.507 e. The molecule has 1 aromatic carbocycles. The van der Waals surface area contributed by atoms with Crippen LogP contribution in [0.25, 0.3) is 0 Å². The third kappa shape index (κ3) is 2.51. The summed E-state index contributed by atoms with van der Waals surface area (Å²) in [6, 6.07) is 5.13. The molecule has 1 aliphatic carbocycles. The molecule has 2 atom stereocenters. The lowest BCUT2D eigenvalue weighted by Gasteiger charge is -2.38. The zero-order valence-corrected chi connectivity index (χ0v) is 12.2. The quantitative estimate of drug-likeness (QED) is 0.874. The van der Waals surface area contributed by atoms with Crippen LogP contribution in [0.4, 0.5) is 0 Å². The van der Waals surface area contributed by atoms with Crippen molar-refractivity contribution in [2.24, 2.45) is 5.92 Å². The molecule has 1 saturated carbocycles. The van der Waals surface area contributed by atoms with Crippen LogP contribution in [-0.2, 0) is 6.54 Å². The highest BCUT2D eigenvalue weighted by Gasteiger charge is 2.34. The van der Waals surface area contributed by atoms with Gasteiger partial charge in [-0.3, -0.25) is 4.90 Å². The monoisotopic (exact) mass is 259 g/mol. The lowest BCUT2D eigenvalue weighted by atomic mass is 9.91. The molecule has 2 aliphatic rings. The SMILES string of the molecule is Cc1cc(CN2CCCC3CCCC32)cc(C)c1O. The summed E-state index contributed by atoms with van der Waals surface area (Å²) < 4.78 is 0. The number of hydrogen-bond donors (Lipinski definition) is 1. The number of rotatable bonds is 2. The summed E-state index contributed by atoms with van der Waals surface area (Å²) in [5.41, 5.74) is 3.38. The van der Waals surface area contributed by atoms with Crippen molar-refractivity contribution in [3.63, 3.8) is 0 Å². The number of phenolic OH excluding ortho intramolecular Hbond substituents is 1. The number of nitrogens with zero attached hydrogens (tertiary/aromatic N) is 1. The molecule has 19 heavy (non-hydrogen) atoms. The van der Waals surface area contributed by atoms with E-state index in [-0.39, 0.29) is 0 Å². The first kappa shape index (κ1) is 13.0. The molecule has 0 amide bonds. The van der Waals surface area contributed by atoms with E-state index < -0.39 is 0 Å². The van der Waals surface area contributed by atoms with Crippen LogP contribution in [0.1, 0.15) is 48.8 Å². The number of piperidine rings is 1. The Hall–Kier alpha value is -1.02. The number of fused-ring (bicyclic) bond motifs is 1. The molecule has 2 heteroatoms. The summed E-state index contributed by atoms with van der Waals surface area (Å²) in [6.07, 6.45) is 7.04. The Balaban J connectivity index is 1.77. The molecule has 1 aromatic rings. The summed E-state index contributed by atoms with van der Waals surface area (Å²) in [5, 5.41) is 9.87. The van der Waals surface area contributed by atoms with Crippen LogP contribution in [0.5, 0.6) is 5.75 Å². The van der Waals surface area contributed by atoms with Crippen LogP contribution in [0.3, 0.4) is 0 Å². The van der Waals surface area contributed by atoms with E-state index in [9.17, 15) is 5.11 Å². The van der Waals surface area contributed by atoms with Gasteiger partial charge < -0.3 is 5.11 Å². The smallest absolute Gasteiger partial charge is 0.121 e. The number of likely N-dealkylation sites (tertiary alicyclic amines) is 1. The van der Waals surface area contributed by atoms with Crippen LogP contribution < -0.4 is 0 Å². The van der Waals surface area contributed by atoms with Gasteiger partial charge in [0.15, 0.2) is 0 Å². The van der Waals surface area contributed by atoms with Crippen molar-refractivity contribution in [1.82, 2.24) is 4.90 Å². The van der Waals surface area contributed by atoms with Crippen molar-refractivity contribution in [1.29, 1.82) is 0 Å². The summed E-state index contributed by atoms with van der Waals surface area (Å²) in [5.74, 6) is 1.41. The molecular formula is C17H25NO. The van der Waals surface area contributed by atoms with Gasteiger partial charge in [-0.05, 0) is 68.7 Å². The van der Waals surface area contributed by atoms with Crippen molar-refractivity contribution < 1.29 is 5.11 Å². The fraction of sp³-hybridized carbons (Fsp3) is 0.647. The van der Waals surface area contributed by atoms with E-state index in [1.165, 1.54) is 44.2 Å². The molecule has 0 radical (unpaired) electrons. The molecule has 104 valence electrons. The Morgan fingerprint density at radius 1 is 1.11 bits per heavy atom. The van der Waals surface area contributed by atoms with Crippen molar-refractivity contribution >= 4 is 0 Å². The minimum atomic E-state index is 0.459. The van der Waals surface area contributed by atoms with Crippen molar-refractivity contribution in [2.75, 3.05) is 6.54 Å². The standard InChI is InChI=1S/C17H25NO/c1-12-9-14(10-13(2)17(12)19)11-18-8-4-6-15-5-3-7-16(15)18/h9-10,15-16,19H,3-8,11H2,1-2H3. The van der Waals surface area contributed by atoms with E-state index in [2.05, 4.69) is 17.0 Å². The van der Waals surface area contributed by atoms with Gasteiger partial charge in [0.25, 0.3) is 0 Å². The molecule has 2 fully saturated rings. The van der Waals surface area contributed by atoms with Crippen LogP contribution in [-0.4, -0.2) is 22.6 Å². The van der Waals surface area contributed by atoms with Gasteiger partial charge >= 0.3 is 0 Å². The second kappa shape index (κ2) is 5.16. The van der Waals surface area contributed by atoms with Gasteiger partial charge in [0.1, 0.15) is 5.75 Å². The molecule has 2 nitrogen and oxygen atoms in total. The van der Waals surface area contributed by atoms with Crippen molar-refractivity contribution in [2.45, 2.75) is 58.5 Å². The van der Waals surface area contributed by atoms with Gasteiger partial charge in [-0.15, -0.1) is 0 Å². The molecule has 1 saturated heterocycles. The lowest BCUT2D eigenvalue weighted by Crippen LogP contribution is -2.41. The predicted octanol–water partition coefficient (Wildman–Crippen LogP) is 3.77. The van der Waals surface area contributed by atoms with E-state index in [0.29, 0.717) is 5.75 Å². The maximum atomic E-state index is 9.87. The van der Waals surface area contributed by atoms with Gasteiger partial charge in [-0.25, -0.2) is 0 Å².